The van der Waals surface area contributed by atoms with E-state index in [4.69, 9.17) is 0 Å². The number of nitrogens with one attached hydrogen (secondary N) is 1. The van der Waals surface area contributed by atoms with Gasteiger partial charge in [0.2, 0.25) is 0 Å². The molecule has 1 amide bonds. The van der Waals surface area contributed by atoms with Gasteiger partial charge in [0.15, 0.2) is 5.67 Å². The summed E-state index contributed by atoms with van der Waals surface area (Å²) in [5.74, 6) is -1.02. The molecule has 0 aliphatic carbocycles. The highest BCUT2D eigenvalue weighted by atomic mass is 19.3. The smallest absolute Gasteiger partial charge is 0.257 e. The summed E-state index contributed by atoms with van der Waals surface area (Å²) in [5.41, 5.74) is -2.09. The topological polar surface area (TPSA) is 29.1 Å². The Kier molecular flexibility index (Phi) is 3.35. The fraction of sp³-hybridized carbons (Fsp3) is 0.833. The lowest BCUT2D eigenvalue weighted by molar-refractivity contribution is -0.131. The maximum atomic E-state index is 12.6. The van der Waals surface area contributed by atoms with E-state index < -0.39 is 24.5 Å². The fourth-order valence-corrected chi connectivity index (χ4v) is 0.380. The molecule has 0 rings (SSSR count). The average molecular weight is 169 g/mol. The van der Waals surface area contributed by atoms with Crippen molar-refractivity contribution < 1.29 is 18.0 Å². The summed E-state index contributed by atoms with van der Waals surface area (Å²) < 4.78 is 35.5. The fourth-order valence-electron chi connectivity index (χ4n) is 0.380. The Balaban J connectivity index is 3.71. The van der Waals surface area contributed by atoms with Crippen LogP contribution in [0.5, 0.6) is 0 Å². The first-order chi connectivity index (χ1) is 4.84. The Hall–Kier alpha value is -0.740. The first-order valence-corrected chi connectivity index (χ1v) is 3.09. The minimum atomic E-state index is -2.64. The van der Waals surface area contributed by atoms with Crippen molar-refractivity contribution in [3.63, 3.8) is 0 Å². The largest absolute Gasteiger partial charge is 0.348 e. The third-order valence-electron chi connectivity index (χ3n) is 0.957. The van der Waals surface area contributed by atoms with Crippen LogP contribution in [-0.2, 0) is 4.79 Å². The molecule has 2 nitrogen and oxygen atoms in total. The van der Waals surface area contributed by atoms with Crippen LogP contribution < -0.4 is 5.32 Å². The number of halogens is 3. The monoisotopic (exact) mass is 169 g/mol. The summed E-state index contributed by atoms with van der Waals surface area (Å²) >= 11 is 0. The van der Waals surface area contributed by atoms with E-state index >= 15 is 0 Å². The summed E-state index contributed by atoms with van der Waals surface area (Å²) in [6, 6.07) is 0. The number of rotatable bonds is 3. The number of carbonyl (C=O) groups excluding carboxylic acids is 1. The molecule has 0 bridgehead atoms. The van der Waals surface area contributed by atoms with Gasteiger partial charge in [0.1, 0.15) is 0 Å². The van der Waals surface area contributed by atoms with E-state index in [0.29, 0.717) is 0 Å². The summed E-state index contributed by atoms with van der Waals surface area (Å²) in [6.07, 6.45) is -2.64. The van der Waals surface area contributed by atoms with Crippen LogP contribution in [0.4, 0.5) is 13.2 Å². The van der Waals surface area contributed by atoms with Crippen molar-refractivity contribution in [3.05, 3.63) is 0 Å². The van der Waals surface area contributed by atoms with Gasteiger partial charge in [-0.25, -0.2) is 13.2 Å². The quantitative estimate of drug-likeness (QED) is 0.673. The maximum Gasteiger partial charge on any atom is 0.257 e. The standard InChI is InChI=1S/C6H10F3NO/c1-6(2,9)5(11)10-3-4(7)8/h4H,3H2,1-2H3,(H,10,11). The first kappa shape index (κ1) is 10.3. The molecule has 0 saturated heterocycles. The molecule has 0 aliphatic heterocycles. The molecule has 0 unspecified atom stereocenters. The number of carbonyl (C=O) groups is 1. The molecule has 0 atom stereocenters. The van der Waals surface area contributed by atoms with Crippen molar-refractivity contribution in [2.24, 2.45) is 0 Å². The molecular weight excluding hydrogens is 159 g/mol. The highest BCUT2D eigenvalue weighted by molar-refractivity contribution is 5.83. The summed E-state index contributed by atoms with van der Waals surface area (Å²) in [6.45, 7) is 1.22. The summed E-state index contributed by atoms with van der Waals surface area (Å²) in [4.78, 5) is 10.5. The van der Waals surface area contributed by atoms with Gasteiger partial charge in [-0.15, -0.1) is 0 Å². The van der Waals surface area contributed by atoms with E-state index in [2.05, 4.69) is 0 Å². The third-order valence-corrected chi connectivity index (χ3v) is 0.957. The second-order valence-electron chi connectivity index (χ2n) is 2.57. The van der Waals surface area contributed by atoms with E-state index in [9.17, 15) is 18.0 Å². The van der Waals surface area contributed by atoms with E-state index in [1.54, 1.807) is 5.32 Å². The molecule has 0 aromatic rings. The third kappa shape index (κ3) is 4.64. The van der Waals surface area contributed by atoms with Gasteiger partial charge < -0.3 is 5.32 Å². The number of amides is 1. The van der Waals surface area contributed by atoms with Crippen LogP contribution in [0.25, 0.3) is 0 Å². The van der Waals surface area contributed by atoms with Crippen LogP contribution in [0, 0.1) is 0 Å². The molecular formula is C6H10F3NO. The molecule has 1 N–H and O–H groups in total. The molecule has 0 saturated carbocycles. The predicted octanol–water partition coefficient (Wildman–Crippen LogP) is 1.12. The van der Waals surface area contributed by atoms with Crippen molar-refractivity contribution in [3.8, 4) is 0 Å². The molecule has 66 valence electrons. The second-order valence-corrected chi connectivity index (χ2v) is 2.57. The van der Waals surface area contributed by atoms with Crippen LogP contribution in [0.1, 0.15) is 13.8 Å². The van der Waals surface area contributed by atoms with Gasteiger partial charge >= 0.3 is 0 Å². The van der Waals surface area contributed by atoms with Crippen LogP contribution in [0.2, 0.25) is 0 Å². The molecule has 0 radical (unpaired) electrons. The van der Waals surface area contributed by atoms with Crippen molar-refractivity contribution in [1.29, 1.82) is 0 Å². The number of hydrogen-bond acceptors (Lipinski definition) is 1. The zero-order chi connectivity index (χ0) is 9.07. The molecule has 11 heavy (non-hydrogen) atoms. The van der Waals surface area contributed by atoms with Gasteiger partial charge in [-0.2, -0.15) is 0 Å². The zero-order valence-corrected chi connectivity index (χ0v) is 6.33. The molecule has 0 aromatic carbocycles. The van der Waals surface area contributed by atoms with Crippen molar-refractivity contribution in [2.75, 3.05) is 6.54 Å². The lowest BCUT2D eigenvalue weighted by Gasteiger charge is -2.13. The second kappa shape index (κ2) is 3.59. The van der Waals surface area contributed by atoms with Crippen LogP contribution in [0.15, 0.2) is 0 Å². The molecule has 5 heteroatoms. The Morgan fingerprint density at radius 3 is 2.27 bits per heavy atom. The van der Waals surface area contributed by atoms with E-state index in [1.165, 1.54) is 0 Å². The minimum absolute atomic E-state index is 0.799. The average Bonchev–Trinajstić information content (AvgIpc) is 1.80. The van der Waals surface area contributed by atoms with Gasteiger partial charge in [-0.1, -0.05) is 0 Å². The van der Waals surface area contributed by atoms with Gasteiger partial charge in [-0.05, 0) is 13.8 Å². The lowest BCUT2D eigenvalue weighted by atomic mass is 10.1. The van der Waals surface area contributed by atoms with Crippen molar-refractivity contribution in [2.45, 2.75) is 25.9 Å². The van der Waals surface area contributed by atoms with Gasteiger partial charge in [0.25, 0.3) is 12.3 Å². The Labute approximate surface area is 62.8 Å². The van der Waals surface area contributed by atoms with E-state index in [0.717, 1.165) is 13.8 Å². The molecule has 0 aliphatic rings. The number of alkyl halides is 3. The molecule has 0 fully saturated rings. The lowest BCUT2D eigenvalue weighted by Crippen LogP contribution is -2.40. The SMILES string of the molecule is CC(C)(F)C(=O)NCC(F)F. The van der Waals surface area contributed by atoms with E-state index in [1.807, 2.05) is 0 Å². The molecule has 0 spiro atoms. The summed E-state index contributed by atoms with van der Waals surface area (Å²) in [5, 5.41) is 1.76. The van der Waals surface area contributed by atoms with Gasteiger partial charge in [0, 0.05) is 0 Å². The summed E-state index contributed by atoms with van der Waals surface area (Å²) in [7, 11) is 0. The van der Waals surface area contributed by atoms with E-state index in [-0.39, 0.29) is 0 Å². The zero-order valence-electron chi connectivity index (χ0n) is 6.33. The highest BCUT2D eigenvalue weighted by Gasteiger charge is 2.26. The van der Waals surface area contributed by atoms with Crippen molar-refractivity contribution in [1.82, 2.24) is 5.32 Å². The predicted molar refractivity (Wildman–Crippen MR) is 34.2 cm³/mol. The Morgan fingerprint density at radius 2 is 2.00 bits per heavy atom. The van der Waals surface area contributed by atoms with Crippen molar-refractivity contribution >= 4 is 5.91 Å². The van der Waals surface area contributed by atoms with Gasteiger partial charge in [-0.3, -0.25) is 4.79 Å². The molecule has 0 heterocycles. The normalized spacial score (nSPS) is 11.8. The minimum Gasteiger partial charge on any atom is -0.348 e. The van der Waals surface area contributed by atoms with Crippen LogP contribution in [0.3, 0.4) is 0 Å². The van der Waals surface area contributed by atoms with Gasteiger partial charge in [0.05, 0.1) is 6.54 Å². The first-order valence-electron chi connectivity index (χ1n) is 3.09. The molecule has 0 aromatic heterocycles. The number of hydrogen-bond donors (Lipinski definition) is 1. The van der Waals surface area contributed by atoms with Crippen LogP contribution >= 0.6 is 0 Å². The maximum absolute atomic E-state index is 12.6. The van der Waals surface area contributed by atoms with Crippen LogP contribution in [-0.4, -0.2) is 24.5 Å². The Bertz CT molecular complexity index is 141. The highest BCUT2D eigenvalue weighted by Crippen LogP contribution is 2.07. The Morgan fingerprint density at radius 1 is 1.55 bits per heavy atom.